The summed E-state index contributed by atoms with van der Waals surface area (Å²) in [6, 6.07) is 1.33. The summed E-state index contributed by atoms with van der Waals surface area (Å²) in [7, 11) is 0. The van der Waals surface area contributed by atoms with Gasteiger partial charge in [0, 0.05) is 12.1 Å². The Morgan fingerprint density at radius 2 is 2.06 bits per heavy atom. The molecule has 0 spiro atoms. The molecule has 2 aliphatic rings. The van der Waals surface area contributed by atoms with Crippen molar-refractivity contribution in [1.82, 2.24) is 5.32 Å². The number of hydrogen-bond acceptors (Lipinski definition) is 3. The highest BCUT2D eigenvalue weighted by molar-refractivity contribution is 5.85. The summed E-state index contributed by atoms with van der Waals surface area (Å²) in [6.07, 6.45) is 7.35. The molecule has 16 heavy (non-hydrogen) atoms. The maximum atomic E-state index is 11.2. The van der Waals surface area contributed by atoms with Crippen molar-refractivity contribution in [2.24, 2.45) is 0 Å². The average Bonchev–Trinajstić information content (AvgIpc) is 2.56. The van der Waals surface area contributed by atoms with E-state index in [2.05, 4.69) is 11.4 Å². The van der Waals surface area contributed by atoms with Crippen molar-refractivity contribution in [2.75, 3.05) is 6.61 Å². The molecule has 0 aromatic carbocycles. The molecule has 2 unspecified atom stereocenters. The van der Waals surface area contributed by atoms with E-state index in [0.717, 1.165) is 12.8 Å². The van der Waals surface area contributed by atoms with Crippen molar-refractivity contribution in [2.45, 2.75) is 51.1 Å². The molecular weight excluding hydrogens is 226 g/mol. The molecule has 2 bridgehead atoms. The summed E-state index contributed by atoms with van der Waals surface area (Å²) in [6.45, 7) is 2.32. The van der Waals surface area contributed by atoms with E-state index in [0.29, 0.717) is 25.1 Å². The van der Waals surface area contributed by atoms with Gasteiger partial charge in [0.25, 0.3) is 0 Å². The second-order valence-corrected chi connectivity index (χ2v) is 4.42. The van der Waals surface area contributed by atoms with Gasteiger partial charge in [-0.05, 0) is 32.6 Å². The lowest BCUT2D eigenvalue weighted by atomic mass is 9.98. The molecular formula is C12H20ClNO2. The van der Waals surface area contributed by atoms with Crippen molar-refractivity contribution < 1.29 is 9.53 Å². The van der Waals surface area contributed by atoms with Crippen LogP contribution in [0.5, 0.6) is 0 Å². The van der Waals surface area contributed by atoms with E-state index in [9.17, 15) is 4.79 Å². The van der Waals surface area contributed by atoms with Gasteiger partial charge in [-0.1, -0.05) is 11.6 Å². The molecule has 0 aromatic heterocycles. The van der Waals surface area contributed by atoms with Gasteiger partial charge in [0.05, 0.1) is 13.0 Å². The molecule has 0 aromatic rings. The van der Waals surface area contributed by atoms with E-state index in [1.165, 1.54) is 18.4 Å². The summed E-state index contributed by atoms with van der Waals surface area (Å²) in [5, 5.41) is 3.58. The Morgan fingerprint density at radius 3 is 2.62 bits per heavy atom. The molecule has 2 saturated heterocycles. The van der Waals surface area contributed by atoms with Crippen LogP contribution < -0.4 is 5.32 Å². The highest BCUT2D eigenvalue weighted by atomic mass is 35.5. The van der Waals surface area contributed by atoms with E-state index in [1.54, 1.807) is 0 Å². The summed E-state index contributed by atoms with van der Waals surface area (Å²) < 4.78 is 4.90. The fraction of sp³-hybridized carbons (Fsp3) is 0.750. The second kappa shape index (κ2) is 6.26. The molecule has 92 valence electrons. The number of nitrogens with one attached hydrogen (secondary N) is 1. The van der Waals surface area contributed by atoms with Crippen molar-refractivity contribution in [3.8, 4) is 0 Å². The van der Waals surface area contributed by atoms with E-state index in [-0.39, 0.29) is 18.4 Å². The Bertz CT molecular complexity index is 264. The molecule has 0 aliphatic carbocycles. The van der Waals surface area contributed by atoms with Crippen LogP contribution in [0.3, 0.4) is 0 Å². The predicted octanol–water partition coefficient (Wildman–Crippen LogP) is 2.20. The van der Waals surface area contributed by atoms with Crippen molar-refractivity contribution in [1.29, 1.82) is 0 Å². The van der Waals surface area contributed by atoms with Gasteiger partial charge in [-0.25, -0.2) is 0 Å². The maximum Gasteiger partial charge on any atom is 0.309 e. The molecule has 2 rings (SSSR count). The van der Waals surface area contributed by atoms with Gasteiger partial charge < -0.3 is 10.1 Å². The first-order valence-corrected chi connectivity index (χ1v) is 5.87. The third kappa shape index (κ3) is 3.49. The number of rotatable bonds is 3. The molecule has 2 atom stereocenters. The normalized spacial score (nSPS) is 27.2. The second-order valence-electron chi connectivity index (χ2n) is 4.42. The zero-order valence-corrected chi connectivity index (χ0v) is 10.5. The molecule has 1 N–H and O–H groups in total. The third-order valence-electron chi connectivity index (χ3n) is 3.21. The number of hydrogen-bond donors (Lipinski definition) is 1. The summed E-state index contributed by atoms with van der Waals surface area (Å²) >= 11 is 0. The van der Waals surface area contributed by atoms with Gasteiger partial charge in [0.15, 0.2) is 0 Å². The van der Waals surface area contributed by atoms with Crippen LogP contribution in [0.2, 0.25) is 0 Å². The summed E-state index contributed by atoms with van der Waals surface area (Å²) in [4.78, 5) is 11.2. The predicted molar refractivity (Wildman–Crippen MR) is 65.8 cm³/mol. The number of esters is 1. The fourth-order valence-corrected chi connectivity index (χ4v) is 2.55. The van der Waals surface area contributed by atoms with Crippen LogP contribution in [0.1, 0.15) is 39.0 Å². The maximum absolute atomic E-state index is 11.2. The summed E-state index contributed by atoms with van der Waals surface area (Å²) in [5.41, 5.74) is 1.44. The van der Waals surface area contributed by atoms with Crippen molar-refractivity contribution >= 4 is 18.4 Å². The lowest BCUT2D eigenvalue weighted by Crippen LogP contribution is -2.34. The van der Waals surface area contributed by atoms with E-state index < -0.39 is 0 Å². The van der Waals surface area contributed by atoms with Crippen LogP contribution in [0, 0.1) is 0 Å². The number of piperidine rings is 1. The molecule has 3 nitrogen and oxygen atoms in total. The first-order chi connectivity index (χ1) is 7.28. The van der Waals surface area contributed by atoms with Crippen LogP contribution in [-0.4, -0.2) is 24.7 Å². The SMILES string of the molecule is CCOC(=O)CC=C1CC2CCC(C1)N2.Cl. The molecule has 0 saturated carbocycles. The van der Waals surface area contributed by atoms with Crippen molar-refractivity contribution in [3.63, 3.8) is 0 Å². The van der Waals surface area contributed by atoms with Crippen LogP contribution in [0.4, 0.5) is 0 Å². The van der Waals surface area contributed by atoms with Crippen LogP contribution in [0.15, 0.2) is 11.6 Å². The fourth-order valence-electron chi connectivity index (χ4n) is 2.55. The smallest absolute Gasteiger partial charge is 0.309 e. The van der Waals surface area contributed by atoms with Gasteiger partial charge in [0.2, 0.25) is 0 Å². The Labute approximate surface area is 103 Å². The van der Waals surface area contributed by atoms with E-state index in [1.807, 2.05) is 6.92 Å². The highest BCUT2D eigenvalue weighted by Crippen LogP contribution is 2.30. The van der Waals surface area contributed by atoms with Crippen LogP contribution in [-0.2, 0) is 9.53 Å². The molecule has 4 heteroatoms. The number of carbonyl (C=O) groups excluding carboxylic acids is 1. The molecule has 0 radical (unpaired) electrons. The number of ether oxygens (including phenoxy) is 1. The first kappa shape index (κ1) is 13.5. The van der Waals surface area contributed by atoms with Gasteiger partial charge in [0.1, 0.15) is 0 Å². The lowest BCUT2D eigenvalue weighted by molar-refractivity contribution is -0.142. The number of fused-ring (bicyclic) bond motifs is 2. The number of halogens is 1. The zero-order valence-electron chi connectivity index (χ0n) is 9.70. The van der Waals surface area contributed by atoms with Gasteiger partial charge in [-0.2, -0.15) is 0 Å². The van der Waals surface area contributed by atoms with Crippen molar-refractivity contribution in [3.05, 3.63) is 11.6 Å². The van der Waals surface area contributed by atoms with Gasteiger partial charge >= 0.3 is 5.97 Å². The summed E-state index contributed by atoms with van der Waals surface area (Å²) in [5.74, 6) is -0.101. The third-order valence-corrected chi connectivity index (χ3v) is 3.21. The Hall–Kier alpha value is -0.540. The monoisotopic (exact) mass is 245 g/mol. The van der Waals surface area contributed by atoms with Gasteiger partial charge in [-0.3, -0.25) is 4.79 Å². The highest BCUT2D eigenvalue weighted by Gasteiger charge is 2.29. The molecule has 2 aliphatic heterocycles. The zero-order chi connectivity index (χ0) is 10.7. The Balaban J connectivity index is 0.00000128. The Kier molecular flexibility index (Phi) is 5.29. The molecule has 0 amide bonds. The largest absolute Gasteiger partial charge is 0.466 e. The van der Waals surface area contributed by atoms with E-state index in [4.69, 9.17) is 4.74 Å². The minimum atomic E-state index is -0.101. The molecule has 2 fully saturated rings. The van der Waals surface area contributed by atoms with E-state index >= 15 is 0 Å². The Morgan fingerprint density at radius 1 is 1.44 bits per heavy atom. The molecule has 2 heterocycles. The first-order valence-electron chi connectivity index (χ1n) is 5.87. The number of carbonyl (C=O) groups is 1. The average molecular weight is 246 g/mol. The standard InChI is InChI=1S/C12H19NO2.ClH/c1-2-15-12(14)6-3-9-7-10-4-5-11(8-9)13-10;/h3,10-11,13H,2,4-8H2,1H3;1H. The minimum absolute atomic E-state index is 0. The van der Waals surface area contributed by atoms with Crippen LogP contribution in [0.25, 0.3) is 0 Å². The lowest BCUT2D eigenvalue weighted by Gasteiger charge is -2.23. The minimum Gasteiger partial charge on any atom is -0.466 e. The van der Waals surface area contributed by atoms with Crippen LogP contribution >= 0.6 is 12.4 Å². The topological polar surface area (TPSA) is 38.3 Å². The quantitative estimate of drug-likeness (QED) is 0.612. The van der Waals surface area contributed by atoms with Gasteiger partial charge in [-0.15, -0.1) is 12.4 Å².